The van der Waals surface area contributed by atoms with Gasteiger partial charge in [0.1, 0.15) is 0 Å². The van der Waals surface area contributed by atoms with Crippen LogP contribution in [0.25, 0.3) is 11.5 Å². The lowest BCUT2D eigenvalue weighted by Gasteiger charge is -1.98. The Balaban J connectivity index is 2.24. The largest absolute Gasteiger partial charge is 0.399 e. The molecule has 0 spiro atoms. The summed E-state index contributed by atoms with van der Waals surface area (Å²) in [4.78, 5) is 4.31. The van der Waals surface area contributed by atoms with Gasteiger partial charge in [-0.15, -0.1) is 0 Å². The molecule has 2 aromatic rings. The van der Waals surface area contributed by atoms with Crippen LogP contribution >= 0.6 is 11.6 Å². The fourth-order valence-corrected chi connectivity index (χ4v) is 1.79. The summed E-state index contributed by atoms with van der Waals surface area (Å²) in [6.45, 7) is 2.12. The summed E-state index contributed by atoms with van der Waals surface area (Å²) in [5.74, 6) is 1.19. The number of rotatable bonds is 4. The highest BCUT2D eigenvalue weighted by Gasteiger charge is 2.09. The molecule has 0 radical (unpaired) electrons. The Hall–Kier alpha value is -1.55. The third-order valence-electron chi connectivity index (χ3n) is 2.39. The summed E-state index contributed by atoms with van der Waals surface area (Å²) in [6, 6.07) is 5.21. The van der Waals surface area contributed by atoms with Gasteiger partial charge < -0.3 is 10.3 Å². The van der Waals surface area contributed by atoms with E-state index in [9.17, 15) is 0 Å². The highest BCUT2D eigenvalue weighted by Crippen LogP contribution is 2.24. The van der Waals surface area contributed by atoms with Crippen molar-refractivity contribution in [1.29, 1.82) is 0 Å². The molecule has 0 saturated carbocycles. The van der Waals surface area contributed by atoms with Gasteiger partial charge in [-0.1, -0.05) is 30.1 Å². The van der Waals surface area contributed by atoms with Crippen LogP contribution in [0, 0.1) is 0 Å². The molecule has 0 bridgehead atoms. The average Bonchev–Trinajstić information content (AvgIpc) is 2.73. The molecule has 0 amide bonds. The van der Waals surface area contributed by atoms with E-state index in [1.54, 1.807) is 18.2 Å². The van der Waals surface area contributed by atoms with E-state index >= 15 is 0 Å². The number of unbranched alkanes of at least 4 members (excludes halogenated alkanes) is 1. The highest BCUT2D eigenvalue weighted by molar-refractivity contribution is 6.31. The zero-order valence-corrected chi connectivity index (χ0v) is 10.4. The maximum Gasteiger partial charge on any atom is 0.258 e. The number of hydrogen-bond donors (Lipinski definition) is 1. The van der Waals surface area contributed by atoms with Gasteiger partial charge in [0.2, 0.25) is 0 Å². The van der Waals surface area contributed by atoms with Gasteiger partial charge in [-0.05, 0) is 24.6 Å². The minimum atomic E-state index is 0.463. The van der Waals surface area contributed by atoms with Crippen molar-refractivity contribution < 1.29 is 4.52 Å². The Labute approximate surface area is 105 Å². The second-order valence-corrected chi connectivity index (χ2v) is 4.33. The van der Waals surface area contributed by atoms with Crippen molar-refractivity contribution in [2.24, 2.45) is 0 Å². The van der Waals surface area contributed by atoms with Gasteiger partial charge in [0.15, 0.2) is 5.82 Å². The molecule has 1 aromatic carbocycles. The van der Waals surface area contributed by atoms with E-state index in [2.05, 4.69) is 17.1 Å². The van der Waals surface area contributed by atoms with Crippen molar-refractivity contribution >= 4 is 17.3 Å². The molecule has 2 rings (SSSR count). The number of aryl methyl sites for hydroxylation is 1. The Bertz CT molecular complexity index is 490. The molecule has 0 aliphatic heterocycles. The molecule has 4 nitrogen and oxygen atoms in total. The first-order chi connectivity index (χ1) is 8.19. The molecule has 1 aromatic heterocycles. The second-order valence-electron chi connectivity index (χ2n) is 3.89. The molecule has 0 atom stereocenters. The second kappa shape index (κ2) is 5.19. The van der Waals surface area contributed by atoms with Crippen molar-refractivity contribution in [3.05, 3.63) is 29.0 Å². The SMILES string of the molecule is CCCCc1noc(-c2cc(N)cc(Cl)c2)n1. The van der Waals surface area contributed by atoms with Crippen LogP contribution in [0.3, 0.4) is 0 Å². The minimum absolute atomic E-state index is 0.463. The van der Waals surface area contributed by atoms with Crippen LogP contribution in [0.1, 0.15) is 25.6 Å². The Morgan fingerprint density at radius 1 is 1.35 bits per heavy atom. The van der Waals surface area contributed by atoms with Crippen molar-refractivity contribution in [1.82, 2.24) is 10.1 Å². The van der Waals surface area contributed by atoms with E-state index in [4.69, 9.17) is 21.9 Å². The quantitative estimate of drug-likeness (QED) is 0.847. The predicted molar refractivity (Wildman–Crippen MR) is 67.8 cm³/mol. The summed E-state index contributed by atoms with van der Waals surface area (Å²) >= 11 is 5.92. The maximum atomic E-state index is 5.92. The van der Waals surface area contributed by atoms with Crippen LogP contribution in [0.2, 0.25) is 5.02 Å². The third kappa shape index (κ3) is 2.97. The van der Waals surface area contributed by atoms with Crippen molar-refractivity contribution in [3.63, 3.8) is 0 Å². The van der Waals surface area contributed by atoms with Gasteiger partial charge in [0, 0.05) is 22.7 Å². The topological polar surface area (TPSA) is 64.9 Å². The van der Waals surface area contributed by atoms with E-state index in [-0.39, 0.29) is 0 Å². The van der Waals surface area contributed by atoms with Gasteiger partial charge >= 0.3 is 0 Å². The molecule has 17 heavy (non-hydrogen) atoms. The van der Waals surface area contributed by atoms with Crippen molar-refractivity contribution in [3.8, 4) is 11.5 Å². The van der Waals surface area contributed by atoms with Crippen LogP contribution in [0.15, 0.2) is 22.7 Å². The van der Waals surface area contributed by atoms with E-state index < -0.39 is 0 Å². The molecule has 5 heteroatoms. The van der Waals surface area contributed by atoms with Gasteiger partial charge in [-0.3, -0.25) is 0 Å². The Morgan fingerprint density at radius 2 is 2.18 bits per heavy atom. The lowest BCUT2D eigenvalue weighted by atomic mass is 10.2. The summed E-state index contributed by atoms with van der Waals surface area (Å²) in [5, 5.41) is 4.48. The molecular formula is C12H14ClN3O. The van der Waals surface area contributed by atoms with E-state index in [1.165, 1.54) is 0 Å². The van der Waals surface area contributed by atoms with Crippen molar-refractivity contribution in [2.75, 3.05) is 5.73 Å². The summed E-state index contributed by atoms with van der Waals surface area (Å²) in [7, 11) is 0. The summed E-state index contributed by atoms with van der Waals surface area (Å²) in [5.41, 5.74) is 7.05. The first-order valence-electron chi connectivity index (χ1n) is 5.58. The van der Waals surface area contributed by atoms with E-state index in [0.29, 0.717) is 16.6 Å². The third-order valence-corrected chi connectivity index (χ3v) is 2.61. The monoisotopic (exact) mass is 251 g/mol. The molecule has 0 unspecified atom stereocenters. The number of anilines is 1. The Morgan fingerprint density at radius 3 is 2.88 bits per heavy atom. The number of aromatic nitrogens is 2. The molecule has 0 saturated heterocycles. The van der Waals surface area contributed by atoms with Gasteiger partial charge in [0.25, 0.3) is 5.89 Å². The normalized spacial score (nSPS) is 10.7. The van der Waals surface area contributed by atoms with Crippen LogP contribution in [-0.2, 0) is 6.42 Å². The maximum absolute atomic E-state index is 5.92. The highest BCUT2D eigenvalue weighted by atomic mass is 35.5. The number of nitrogens with zero attached hydrogens (tertiary/aromatic N) is 2. The van der Waals surface area contributed by atoms with Crippen LogP contribution in [0.4, 0.5) is 5.69 Å². The van der Waals surface area contributed by atoms with E-state index in [1.807, 2.05) is 0 Å². The summed E-state index contributed by atoms with van der Waals surface area (Å²) < 4.78 is 5.18. The minimum Gasteiger partial charge on any atom is -0.399 e. The van der Waals surface area contributed by atoms with Crippen LogP contribution in [0.5, 0.6) is 0 Å². The predicted octanol–water partition coefficient (Wildman–Crippen LogP) is 3.31. The first kappa shape index (κ1) is 11.9. The molecule has 0 fully saturated rings. The Kier molecular flexibility index (Phi) is 3.64. The van der Waals surface area contributed by atoms with Crippen LogP contribution < -0.4 is 5.73 Å². The smallest absolute Gasteiger partial charge is 0.258 e. The lowest BCUT2D eigenvalue weighted by molar-refractivity contribution is 0.421. The van der Waals surface area contributed by atoms with Gasteiger partial charge in [0.05, 0.1) is 0 Å². The molecule has 0 aliphatic carbocycles. The van der Waals surface area contributed by atoms with E-state index in [0.717, 1.165) is 30.7 Å². The number of hydrogen-bond acceptors (Lipinski definition) is 4. The average molecular weight is 252 g/mol. The lowest BCUT2D eigenvalue weighted by Crippen LogP contribution is -1.88. The molecule has 2 N–H and O–H groups in total. The standard InChI is InChI=1S/C12H14ClN3O/c1-2-3-4-11-15-12(17-16-11)8-5-9(13)7-10(14)6-8/h5-7H,2-4,14H2,1H3. The first-order valence-corrected chi connectivity index (χ1v) is 5.96. The number of nitrogen functional groups attached to an aromatic ring is 1. The molecule has 90 valence electrons. The number of nitrogens with two attached hydrogens (primary N) is 1. The zero-order valence-electron chi connectivity index (χ0n) is 9.61. The van der Waals surface area contributed by atoms with Gasteiger partial charge in [-0.2, -0.15) is 4.98 Å². The number of benzene rings is 1. The number of halogens is 1. The van der Waals surface area contributed by atoms with Crippen molar-refractivity contribution in [2.45, 2.75) is 26.2 Å². The fraction of sp³-hybridized carbons (Fsp3) is 0.333. The fourth-order valence-electron chi connectivity index (χ4n) is 1.54. The summed E-state index contributed by atoms with van der Waals surface area (Å²) in [6.07, 6.45) is 2.99. The zero-order chi connectivity index (χ0) is 12.3. The van der Waals surface area contributed by atoms with Crippen LogP contribution in [-0.4, -0.2) is 10.1 Å². The molecule has 0 aliphatic rings. The molecular weight excluding hydrogens is 238 g/mol. The molecule has 1 heterocycles. The van der Waals surface area contributed by atoms with Gasteiger partial charge in [-0.25, -0.2) is 0 Å².